The Morgan fingerprint density at radius 1 is 1.60 bits per heavy atom. The van der Waals surface area contributed by atoms with Crippen molar-refractivity contribution in [1.29, 1.82) is 0 Å². The third kappa shape index (κ3) is 5.03. The van der Waals surface area contributed by atoms with Gasteiger partial charge in [0.25, 0.3) is 5.70 Å². The summed E-state index contributed by atoms with van der Waals surface area (Å²) >= 11 is 0. The minimum absolute atomic E-state index is 0.0463. The maximum absolute atomic E-state index is 9.83. The lowest BCUT2D eigenvalue weighted by atomic mass is 10.4. The number of rotatable bonds is 2. The van der Waals surface area contributed by atoms with Gasteiger partial charge < -0.3 is 0 Å². The zero-order chi connectivity index (χ0) is 8.57. The molecule has 0 saturated heterocycles. The van der Waals surface area contributed by atoms with Crippen molar-refractivity contribution >= 4 is 0 Å². The van der Waals surface area contributed by atoms with Crippen LogP contribution in [0.1, 0.15) is 20.8 Å². The van der Waals surface area contributed by atoms with Crippen LogP contribution in [-0.4, -0.2) is 4.92 Å². The van der Waals surface area contributed by atoms with Gasteiger partial charge in [-0.25, -0.2) is 0 Å². The lowest BCUT2D eigenvalue weighted by Gasteiger charge is -1.83. The van der Waals surface area contributed by atoms with Crippen LogP contribution < -0.4 is 0 Å². The molecule has 0 rings (SSSR count). The van der Waals surface area contributed by atoms with E-state index in [-0.39, 0.29) is 5.70 Å². The van der Waals surface area contributed by atoms with E-state index in [1.54, 1.807) is 6.92 Å². The Labute approximate surface area is 61.2 Å². The van der Waals surface area contributed by atoms with Gasteiger partial charge in [-0.05, 0) is 13.0 Å². The number of nitro groups is 1. The number of hydrogen-bond acceptors (Lipinski definition) is 2. The summed E-state index contributed by atoms with van der Waals surface area (Å²) in [5.41, 5.74) is 0.0463. The predicted octanol–water partition coefficient (Wildman–Crippen LogP) is 2.38. The van der Waals surface area contributed by atoms with Gasteiger partial charge in [-0.15, -0.1) is 0 Å². The van der Waals surface area contributed by atoms with Gasteiger partial charge in [-0.2, -0.15) is 0 Å². The molecule has 3 heteroatoms. The predicted molar refractivity (Wildman–Crippen MR) is 42.3 cm³/mol. The van der Waals surface area contributed by atoms with Crippen molar-refractivity contribution in [3.63, 3.8) is 0 Å². The molecule has 10 heavy (non-hydrogen) atoms. The Morgan fingerprint density at radius 3 is 2.00 bits per heavy atom. The molecule has 0 aliphatic carbocycles. The van der Waals surface area contributed by atoms with E-state index in [1.165, 1.54) is 12.2 Å². The van der Waals surface area contributed by atoms with Crippen molar-refractivity contribution in [3.05, 3.63) is 34.5 Å². The molecule has 58 valence electrons. The first-order valence-electron chi connectivity index (χ1n) is 3.15. The van der Waals surface area contributed by atoms with E-state index in [0.717, 1.165) is 0 Å². The highest BCUT2D eigenvalue weighted by atomic mass is 16.6. The Bertz CT molecular complexity index is 139. The van der Waals surface area contributed by atoms with E-state index in [4.69, 9.17) is 0 Å². The Morgan fingerprint density at radius 2 is 2.00 bits per heavy atom. The minimum Gasteiger partial charge on any atom is -0.258 e. The van der Waals surface area contributed by atoms with Crippen LogP contribution >= 0.6 is 0 Å². The van der Waals surface area contributed by atoms with Crippen molar-refractivity contribution in [3.8, 4) is 0 Å². The van der Waals surface area contributed by atoms with Gasteiger partial charge in [-0.3, -0.25) is 10.1 Å². The molecule has 0 aromatic carbocycles. The Hall–Kier alpha value is -1.12. The highest BCUT2D eigenvalue weighted by Gasteiger charge is 1.98. The van der Waals surface area contributed by atoms with E-state index < -0.39 is 4.92 Å². The van der Waals surface area contributed by atoms with Crippen molar-refractivity contribution in [2.75, 3.05) is 0 Å². The van der Waals surface area contributed by atoms with Crippen molar-refractivity contribution in [2.24, 2.45) is 0 Å². The summed E-state index contributed by atoms with van der Waals surface area (Å²) in [5.74, 6) is 0. The van der Waals surface area contributed by atoms with Crippen molar-refractivity contribution < 1.29 is 4.92 Å². The Balaban J connectivity index is 0. The molecular formula is C7H13NO2. The van der Waals surface area contributed by atoms with Crippen LogP contribution in [0.2, 0.25) is 0 Å². The van der Waals surface area contributed by atoms with Crippen LogP contribution in [0.15, 0.2) is 24.4 Å². The lowest BCUT2D eigenvalue weighted by Crippen LogP contribution is -1.92. The minimum atomic E-state index is -0.479. The molecule has 0 N–H and O–H groups in total. The first-order chi connectivity index (χ1) is 4.72. The average Bonchev–Trinajstić information content (AvgIpc) is 1.94. The van der Waals surface area contributed by atoms with Gasteiger partial charge in [-0.1, -0.05) is 20.4 Å². The third-order valence-electron chi connectivity index (χ3n) is 0.716. The van der Waals surface area contributed by atoms with Crippen LogP contribution in [-0.2, 0) is 0 Å². The fourth-order valence-corrected chi connectivity index (χ4v) is 0.298. The molecule has 0 amide bonds. The van der Waals surface area contributed by atoms with E-state index in [2.05, 4.69) is 6.58 Å². The Kier molecular flexibility index (Phi) is 9.18. The number of nitrogens with zero attached hydrogens (tertiary/aromatic N) is 1. The van der Waals surface area contributed by atoms with E-state index in [1.807, 2.05) is 13.8 Å². The highest BCUT2D eigenvalue weighted by molar-refractivity contribution is 5.04. The first-order valence-corrected chi connectivity index (χ1v) is 3.15. The monoisotopic (exact) mass is 143 g/mol. The smallest absolute Gasteiger partial charge is 0.258 e. The summed E-state index contributed by atoms with van der Waals surface area (Å²) in [5, 5.41) is 9.83. The van der Waals surface area contributed by atoms with Gasteiger partial charge in [0.05, 0.1) is 4.92 Å². The fourth-order valence-electron chi connectivity index (χ4n) is 0.298. The molecule has 0 radical (unpaired) electrons. The standard InChI is InChI=1S/C5H7NO2.C2H6/c1-3-5(4-2)6(7)8;1-2/h3-4H,1H2,2H3;1-2H3/b5-4+;. The molecule has 0 bridgehead atoms. The zero-order valence-electron chi connectivity index (χ0n) is 6.63. The van der Waals surface area contributed by atoms with Gasteiger partial charge in [0.1, 0.15) is 0 Å². The van der Waals surface area contributed by atoms with Gasteiger partial charge in [0.2, 0.25) is 0 Å². The van der Waals surface area contributed by atoms with Crippen LogP contribution in [0.25, 0.3) is 0 Å². The SMILES string of the molecule is C=C/C(=C\C)[N+](=O)[O-].CC. The summed E-state index contributed by atoms with van der Waals surface area (Å²) in [7, 11) is 0. The molecule has 0 fully saturated rings. The van der Waals surface area contributed by atoms with Gasteiger partial charge in [0, 0.05) is 6.08 Å². The third-order valence-corrected chi connectivity index (χ3v) is 0.716. The topological polar surface area (TPSA) is 43.1 Å². The molecule has 0 aliphatic heterocycles. The number of allylic oxidation sites excluding steroid dienone is 2. The maximum atomic E-state index is 9.83. The van der Waals surface area contributed by atoms with E-state index >= 15 is 0 Å². The first kappa shape index (κ1) is 11.6. The summed E-state index contributed by atoms with van der Waals surface area (Å²) in [6.45, 7) is 8.84. The normalized spacial score (nSPS) is 9.30. The molecule has 0 spiro atoms. The average molecular weight is 143 g/mol. The van der Waals surface area contributed by atoms with Gasteiger partial charge >= 0.3 is 0 Å². The van der Waals surface area contributed by atoms with Crippen molar-refractivity contribution in [2.45, 2.75) is 20.8 Å². The maximum Gasteiger partial charge on any atom is 0.264 e. The van der Waals surface area contributed by atoms with Gasteiger partial charge in [0.15, 0.2) is 0 Å². The van der Waals surface area contributed by atoms with Crippen LogP contribution in [0.5, 0.6) is 0 Å². The molecule has 3 nitrogen and oxygen atoms in total. The zero-order valence-corrected chi connectivity index (χ0v) is 6.63. The molecule has 0 aromatic heterocycles. The van der Waals surface area contributed by atoms with Crippen LogP contribution in [0, 0.1) is 10.1 Å². The quantitative estimate of drug-likeness (QED) is 0.338. The summed E-state index contributed by atoms with van der Waals surface area (Å²) in [6.07, 6.45) is 2.60. The van der Waals surface area contributed by atoms with E-state index in [0.29, 0.717) is 0 Å². The molecule has 0 aliphatic rings. The molecule has 0 saturated carbocycles. The van der Waals surface area contributed by atoms with Crippen LogP contribution in [0.4, 0.5) is 0 Å². The van der Waals surface area contributed by atoms with E-state index in [9.17, 15) is 10.1 Å². The second-order valence-electron chi connectivity index (χ2n) is 1.17. The molecule has 0 atom stereocenters. The molecule has 0 heterocycles. The summed E-state index contributed by atoms with van der Waals surface area (Å²) < 4.78 is 0. The lowest BCUT2D eigenvalue weighted by molar-refractivity contribution is -0.419. The van der Waals surface area contributed by atoms with Crippen LogP contribution in [0.3, 0.4) is 0 Å². The largest absolute Gasteiger partial charge is 0.264 e. The summed E-state index contributed by atoms with van der Waals surface area (Å²) in [4.78, 5) is 9.35. The molecule has 0 aromatic rings. The highest BCUT2D eigenvalue weighted by Crippen LogP contribution is 1.93. The summed E-state index contributed by atoms with van der Waals surface area (Å²) in [6, 6.07) is 0. The molecular weight excluding hydrogens is 130 g/mol. The number of hydrogen-bond donors (Lipinski definition) is 0. The fraction of sp³-hybridized carbons (Fsp3) is 0.429. The second kappa shape index (κ2) is 7.88. The van der Waals surface area contributed by atoms with Crippen molar-refractivity contribution in [1.82, 2.24) is 0 Å². The second-order valence-corrected chi connectivity index (χ2v) is 1.17. The molecule has 0 unspecified atom stereocenters.